The van der Waals surface area contributed by atoms with Gasteiger partial charge in [0.2, 0.25) is 0 Å². The Morgan fingerprint density at radius 2 is 1.53 bits per heavy atom. The normalized spacial score (nSPS) is 9.06. The summed E-state index contributed by atoms with van der Waals surface area (Å²) in [4.78, 5) is 0. The SMILES string of the molecule is CC.CC/C=C/CC.CCc1cccc(F)c1. The van der Waals surface area contributed by atoms with Crippen LogP contribution in [0.15, 0.2) is 36.4 Å². The van der Waals surface area contributed by atoms with E-state index >= 15 is 0 Å². The van der Waals surface area contributed by atoms with E-state index in [0.29, 0.717) is 0 Å². The highest BCUT2D eigenvalue weighted by Crippen LogP contribution is 2.02. The summed E-state index contributed by atoms with van der Waals surface area (Å²) < 4.78 is 12.4. The van der Waals surface area contributed by atoms with Crippen molar-refractivity contribution in [2.75, 3.05) is 0 Å². The maximum absolute atomic E-state index is 12.4. The lowest BCUT2D eigenvalue weighted by Crippen LogP contribution is -1.79. The van der Waals surface area contributed by atoms with Gasteiger partial charge in [0, 0.05) is 0 Å². The summed E-state index contributed by atoms with van der Waals surface area (Å²) in [6.07, 6.45) is 7.61. The summed E-state index contributed by atoms with van der Waals surface area (Å²) in [6.45, 7) is 10.3. The van der Waals surface area contributed by atoms with Gasteiger partial charge >= 0.3 is 0 Å². The zero-order chi connectivity index (χ0) is 13.5. The molecule has 0 aliphatic rings. The number of hydrogen-bond donors (Lipinski definition) is 0. The van der Waals surface area contributed by atoms with Crippen LogP contribution in [0, 0.1) is 5.82 Å². The molecule has 0 aromatic heterocycles. The summed E-state index contributed by atoms with van der Waals surface area (Å²) in [5, 5.41) is 0. The van der Waals surface area contributed by atoms with Crippen LogP contribution in [0.25, 0.3) is 0 Å². The molecule has 17 heavy (non-hydrogen) atoms. The molecule has 0 atom stereocenters. The molecule has 0 heterocycles. The monoisotopic (exact) mass is 238 g/mol. The quantitative estimate of drug-likeness (QED) is 0.586. The van der Waals surface area contributed by atoms with E-state index in [1.807, 2.05) is 26.8 Å². The largest absolute Gasteiger partial charge is 0.207 e. The molecule has 0 saturated heterocycles. The summed E-state index contributed by atoms with van der Waals surface area (Å²) in [7, 11) is 0. The molecule has 0 unspecified atom stereocenters. The fourth-order valence-electron chi connectivity index (χ4n) is 1.09. The summed E-state index contributed by atoms with van der Waals surface area (Å²) in [6, 6.07) is 6.66. The van der Waals surface area contributed by atoms with E-state index in [-0.39, 0.29) is 5.82 Å². The van der Waals surface area contributed by atoms with Crippen LogP contribution < -0.4 is 0 Å². The van der Waals surface area contributed by atoms with Gasteiger partial charge in [0.1, 0.15) is 5.82 Å². The third-order valence-corrected chi connectivity index (χ3v) is 1.94. The van der Waals surface area contributed by atoms with E-state index in [1.54, 1.807) is 12.1 Å². The van der Waals surface area contributed by atoms with Gasteiger partial charge in [-0.05, 0) is 37.0 Å². The van der Waals surface area contributed by atoms with Gasteiger partial charge in [-0.3, -0.25) is 0 Å². The van der Waals surface area contributed by atoms with E-state index in [9.17, 15) is 4.39 Å². The summed E-state index contributed by atoms with van der Waals surface area (Å²) in [5.74, 6) is -0.144. The minimum Gasteiger partial charge on any atom is -0.207 e. The van der Waals surface area contributed by atoms with E-state index < -0.39 is 0 Å². The third-order valence-electron chi connectivity index (χ3n) is 1.94. The lowest BCUT2D eigenvalue weighted by atomic mass is 10.2. The molecule has 1 rings (SSSR count). The second-order valence-electron chi connectivity index (χ2n) is 3.27. The highest BCUT2D eigenvalue weighted by atomic mass is 19.1. The van der Waals surface area contributed by atoms with Crippen molar-refractivity contribution in [1.29, 1.82) is 0 Å². The van der Waals surface area contributed by atoms with E-state index in [1.165, 1.54) is 18.9 Å². The van der Waals surface area contributed by atoms with Crippen LogP contribution in [0.3, 0.4) is 0 Å². The Kier molecular flexibility index (Phi) is 16.0. The molecule has 0 aliphatic heterocycles. The molecule has 1 aromatic carbocycles. The molecular weight excluding hydrogens is 211 g/mol. The minimum atomic E-state index is -0.144. The molecule has 0 nitrogen and oxygen atoms in total. The standard InChI is InChI=1S/C8H9F.C6H12.C2H6/c1-2-7-4-3-5-8(9)6-7;1-3-5-6-4-2;1-2/h3-6H,2H2,1H3;5-6H,3-4H2,1-2H3;1-2H3/b;6-5+;. The molecule has 1 heteroatoms. The van der Waals surface area contributed by atoms with Gasteiger partial charge in [-0.15, -0.1) is 0 Å². The van der Waals surface area contributed by atoms with Crippen LogP contribution in [0.1, 0.15) is 53.0 Å². The molecule has 1 aromatic rings. The van der Waals surface area contributed by atoms with Crippen LogP contribution in [-0.4, -0.2) is 0 Å². The van der Waals surface area contributed by atoms with Crippen LogP contribution in [0.4, 0.5) is 4.39 Å². The van der Waals surface area contributed by atoms with Crippen molar-refractivity contribution >= 4 is 0 Å². The Hall–Kier alpha value is -1.11. The van der Waals surface area contributed by atoms with Gasteiger partial charge in [-0.25, -0.2) is 4.39 Å². The van der Waals surface area contributed by atoms with Crippen LogP contribution in [-0.2, 0) is 6.42 Å². The van der Waals surface area contributed by atoms with Gasteiger partial charge in [0.15, 0.2) is 0 Å². The highest BCUT2D eigenvalue weighted by molar-refractivity contribution is 5.15. The minimum absolute atomic E-state index is 0.144. The molecule has 0 fully saturated rings. The first kappa shape index (κ1) is 18.3. The zero-order valence-electron chi connectivity index (χ0n) is 12.0. The number of benzene rings is 1. The Balaban J connectivity index is 0. The lowest BCUT2D eigenvalue weighted by Gasteiger charge is -1.92. The van der Waals surface area contributed by atoms with E-state index in [4.69, 9.17) is 0 Å². The van der Waals surface area contributed by atoms with Crippen LogP contribution in [0.5, 0.6) is 0 Å². The zero-order valence-corrected chi connectivity index (χ0v) is 12.0. The first-order chi connectivity index (χ1) is 8.24. The van der Waals surface area contributed by atoms with Gasteiger partial charge in [-0.2, -0.15) is 0 Å². The number of hydrogen-bond acceptors (Lipinski definition) is 0. The average molecular weight is 238 g/mol. The molecule has 0 radical (unpaired) electrons. The van der Waals surface area contributed by atoms with Crippen molar-refractivity contribution < 1.29 is 4.39 Å². The van der Waals surface area contributed by atoms with Crippen LogP contribution >= 0.6 is 0 Å². The number of aryl methyl sites for hydroxylation is 1. The molecule has 0 N–H and O–H groups in total. The summed E-state index contributed by atoms with van der Waals surface area (Å²) in [5.41, 5.74) is 1.05. The second-order valence-corrected chi connectivity index (χ2v) is 3.27. The fourth-order valence-corrected chi connectivity index (χ4v) is 1.09. The topological polar surface area (TPSA) is 0 Å². The second kappa shape index (κ2) is 14.9. The number of halogens is 1. The van der Waals surface area contributed by atoms with Gasteiger partial charge in [0.25, 0.3) is 0 Å². The van der Waals surface area contributed by atoms with Crippen molar-refractivity contribution in [3.63, 3.8) is 0 Å². The van der Waals surface area contributed by atoms with Gasteiger partial charge < -0.3 is 0 Å². The Morgan fingerprint density at radius 3 is 1.82 bits per heavy atom. The molecular formula is C16H27F. The van der Waals surface area contributed by atoms with Crippen LogP contribution in [0.2, 0.25) is 0 Å². The molecule has 0 bridgehead atoms. The smallest absolute Gasteiger partial charge is 0.123 e. The first-order valence-corrected chi connectivity index (χ1v) is 6.64. The fraction of sp³-hybridized carbons (Fsp3) is 0.500. The molecule has 0 amide bonds. The van der Waals surface area contributed by atoms with E-state index in [0.717, 1.165) is 12.0 Å². The van der Waals surface area contributed by atoms with E-state index in [2.05, 4.69) is 26.0 Å². The van der Waals surface area contributed by atoms with Crippen molar-refractivity contribution in [2.24, 2.45) is 0 Å². The molecule has 0 aliphatic carbocycles. The Labute approximate surface area is 107 Å². The van der Waals surface area contributed by atoms with Crippen molar-refractivity contribution in [2.45, 2.75) is 53.9 Å². The number of allylic oxidation sites excluding steroid dienone is 2. The molecule has 0 spiro atoms. The van der Waals surface area contributed by atoms with Crippen molar-refractivity contribution in [1.82, 2.24) is 0 Å². The molecule has 98 valence electrons. The predicted octanol–water partition coefficient (Wildman–Crippen LogP) is 5.78. The first-order valence-electron chi connectivity index (χ1n) is 6.64. The molecule has 0 saturated carbocycles. The van der Waals surface area contributed by atoms with Crippen molar-refractivity contribution in [3.8, 4) is 0 Å². The Bertz CT molecular complexity index is 271. The van der Waals surface area contributed by atoms with Gasteiger partial charge in [-0.1, -0.05) is 58.9 Å². The third kappa shape index (κ3) is 12.8. The number of rotatable bonds is 3. The maximum Gasteiger partial charge on any atom is 0.123 e. The Morgan fingerprint density at radius 1 is 1.00 bits per heavy atom. The van der Waals surface area contributed by atoms with Gasteiger partial charge in [0.05, 0.1) is 0 Å². The lowest BCUT2D eigenvalue weighted by molar-refractivity contribution is 0.625. The highest BCUT2D eigenvalue weighted by Gasteiger charge is 1.88. The summed E-state index contributed by atoms with van der Waals surface area (Å²) >= 11 is 0. The predicted molar refractivity (Wildman–Crippen MR) is 76.8 cm³/mol. The maximum atomic E-state index is 12.4. The average Bonchev–Trinajstić information content (AvgIpc) is 2.39. The van der Waals surface area contributed by atoms with Crippen molar-refractivity contribution in [3.05, 3.63) is 47.8 Å².